The van der Waals surface area contributed by atoms with E-state index >= 15 is 0 Å². The minimum Gasteiger partial charge on any atom is -0.381 e. The van der Waals surface area contributed by atoms with E-state index in [1.54, 1.807) is 0 Å². The summed E-state index contributed by atoms with van der Waals surface area (Å²) in [4.78, 5) is 14.5. The van der Waals surface area contributed by atoms with Crippen LogP contribution in [0.2, 0.25) is 0 Å². The number of carbonyl (C=O) groups excluding carboxylic acids is 1. The van der Waals surface area contributed by atoms with Crippen LogP contribution in [0.25, 0.3) is 0 Å². The van der Waals surface area contributed by atoms with Crippen molar-refractivity contribution >= 4 is 15.9 Å². The van der Waals surface area contributed by atoms with Gasteiger partial charge < -0.3 is 9.64 Å². The predicted molar refractivity (Wildman–Crippen MR) is 80.3 cm³/mol. The van der Waals surface area contributed by atoms with Crippen molar-refractivity contribution in [2.45, 2.75) is 26.2 Å². The first-order valence-electron chi connectivity index (χ1n) is 7.73. The normalized spacial score (nSPS) is 27.7. The van der Waals surface area contributed by atoms with Gasteiger partial charge in [-0.1, -0.05) is 0 Å². The fourth-order valence-corrected chi connectivity index (χ4v) is 4.03. The molecule has 2 fully saturated rings. The van der Waals surface area contributed by atoms with Crippen LogP contribution < -0.4 is 0 Å². The van der Waals surface area contributed by atoms with Crippen LogP contribution in [0.3, 0.4) is 0 Å². The molecule has 2 heterocycles. The molecular formula is C14H26N2O4S. The maximum Gasteiger partial charge on any atom is 0.227 e. The molecule has 1 amide bonds. The molecule has 0 N–H and O–H groups in total. The number of hydrogen-bond acceptors (Lipinski definition) is 4. The number of ether oxygens (including phenoxy) is 1. The van der Waals surface area contributed by atoms with Gasteiger partial charge in [0.25, 0.3) is 0 Å². The van der Waals surface area contributed by atoms with Crippen LogP contribution >= 0.6 is 0 Å². The average Bonchev–Trinajstić information content (AvgIpc) is 2.96. The Morgan fingerprint density at radius 3 is 2.71 bits per heavy atom. The van der Waals surface area contributed by atoms with Crippen LogP contribution in [0.5, 0.6) is 0 Å². The summed E-state index contributed by atoms with van der Waals surface area (Å²) in [5.41, 5.74) is 0. The highest BCUT2D eigenvalue weighted by molar-refractivity contribution is 7.88. The molecule has 0 aliphatic carbocycles. The molecule has 2 aliphatic heterocycles. The molecule has 6 nitrogen and oxygen atoms in total. The highest BCUT2D eigenvalue weighted by Gasteiger charge is 2.33. The van der Waals surface area contributed by atoms with Gasteiger partial charge in [-0.15, -0.1) is 0 Å². The lowest BCUT2D eigenvalue weighted by Gasteiger charge is -2.34. The highest BCUT2D eigenvalue weighted by Crippen LogP contribution is 2.22. The van der Waals surface area contributed by atoms with E-state index in [4.69, 9.17) is 4.74 Å². The zero-order chi connectivity index (χ0) is 15.5. The van der Waals surface area contributed by atoms with Gasteiger partial charge in [0.2, 0.25) is 15.9 Å². The monoisotopic (exact) mass is 318 g/mol. The summed E-state index contributed by atoms with van der Waals surface area (Å²) in [5, 5.41) is 0. The van der Waals surface area contributed by atoms with Gasteiger partial charge in [0.15, 0.2) is 0 Å². The molecule has 2 aliphatic rings. The summed E-state index contributed by atoms with van der Waals surface area (Å²) < 4.78 is 30.1. The molecule has 0 aromatic carbocycles. The molecule has 0 unspecified atom stereocenters. The van der Waals surface area contributed by atoms with Crippen molar-refractivity contribution in [1.82, 2.24) is 9.21 Å². The summed E-state index contributed by atoms with van der Waals surface area (Å²) in [5.74, 6) is 0.317. The zero-order valence-electron chi connectivity index (χ0n) is 13.0. The number of hydrogen-bond donors (Lipinski definition) is 0. The second kappa shape index (κ2) is 7.07. The van der Waals surface area contributed by atoms with Crippen LogP contribution in [0.4, 0.5) is 0 Å². The molecule has 0 radical (unpaired) electrons. The van der Waals surface area contributed by atoms with Gasteiger partial charge in [0, 0.05) is 38.7 Å². The molecule has 2 rings (SSSR count). The van der Waals surface area contributed by atoms with Gasteiger partial charge in [-0.05, 0) is 26.2 Å². The molecule has 0 aromatic rings. The topological polar surface area (TPSA) is 66.9 Å². The second-order valence-electron chi connectivity index (χ2n) is 6.07. The van der Waals surface area contributed by atoms with Crippen LogP contribution in [0, 0.1) is 11.8 Å². The quantitative estimate of drug-likeness (QED) is 0.742. The maximum atomic E-state index is 12.7. The lowest BCUT2D eigenvalue weighted by Crippen LogP contribution is -2.47. The second-order valence-corrected chi connectivity index (χ2v) is 8.05. The molecule has 2 saturated heterocycles. The minimum atomic E-state index is -3.20. The summed E-state index contributed by atoms with van der Waals surface area (Å²) in [6, 6.07) is 0. The Morgan fingerprint density at radius 2 is 2.14 bits per heavy atom. The number of rotatable bonds is 5. The third-order valence-electron chi connectivity index (χ3n) is 4.40. The Balaban J connectivity index is 1.96. The number of piperidine rings is 1. The molecule has 122 valence electrons. The van der Waals surface area contributed by atoms with Crippen molar-refractivity contribution < 1.29 is 17.9 Å². The minimum absolute atomic E-state index is 0.0951. The summed E-state index contributed by atoms with van der Waals surface area (Å²) in [6.07, 6.45) is 3.76. The first kappa shape index (κ1) is 16.7. The fourth-order valence-electron chi connectivity index (χ4n) is 3.12. The van der Waals surface area contributed by atoms with Crippen molar-refractivity contribution in [2.24, 2.45) is 11.8 Å². The van der Waals surface area contributed by atoms with Crippen molar-refractivity contribution in [3.8, 4) is 0 Å². The average molecular weight is 318 g/mol. The maximum absolute atomic E-state index is 12.7. The summed E-state index contributed by atoms with van der Waals surface area (Å²) >= 11 is 0. The molecule has 21 heavy (non-hydrogen) atoms. The standard InChI is InChI=1S/C14H26N2O4S/c1-3-15(9-12-6-8-20-11-12)14(17)13-5-4-7-16(10-13)21(2,18)19/h12-13H,3-11H2,1-2H3/t12-,13+/m1/s1. The molecule has 2 atom stereocenters. The molecule has 0 spiro atoms. The number of nitrogens with zero attached hydrogens (tertiary/aromatic N) is 2. The first-order chi connectivity index (χ1) is 9.91. The van der Waals surface area contributed by atoms with E-state index in [1.807, 2.05) is 11.8 Å². The van der Waals surface area contributed by atoms with Gasteiger partial charge in [0.05, 0.1) is 18.8 Å². The van der Waals surface area contributed by atoms with E-state index in [0.717, 1.165) is 39.0 Å². The number of carbonyl (C=O) groups is 1. The van der Waals surface area contributed by atoms with Gasteiger partial charge in [-0.25, -0.2) is 12.7 Å². The number of amides is 1. The van der Waals surface area contributed by atoms with Gasteiger partial charge in [-0.2, -0.15) is 0 Å². The van der Waals surface area contributed by atoms with E-state index < -0.39 is 10.0 Å². The van der Waals surface area contributed by atoms with E-state index in [0.29, 0.717) is 25.6 Å². The van der Waals surface area contributed by atoms with Crippen molar-refractivity contribution in [1.29, 1.82) is 0 Å². The Hall–Kier alpha value is -0.660. The lowest BCUT2D eigenvalue weighted by atomic mass is 9.97. The fraction of sp³-hybridized carbons (Fsp3) is 0.929. The third kappa shape index (κ3) is 4.40. The molecular weight excluding hydrogens is 292 g/mol. The van der Waals surface area contributed by atoms with E-state index in [1.165, 1.54) is 10.6 Å². The largest absolute Gasteiger partial charge is 0.381 e. The van der Waals surface area contributed by atoms with Crippen molar-refractivity contribution in [2.75, 3.05) is 45.6 Å². The van der Waals surface area contributed by atoms with E-state index in [2.05, 4.69) is 0 Å². The summed E-state index contributed by atoms with van der Waals surface area (Å²) in [7, 11) is -3.20. The van der Waals surface area contributed by atoms with Crippen LogP contribution in [-0.2, 0) is 19.6 Å². The molecule has 0 bridgehead atoms. The van der Waals surface area contributed by atoms with E-state index in [9.17, 15) is 13.2 Å². The van der Waals surface area contributed by atoms with Crippen molar-refractivity contribution in [3.05, 3.63) is 0 Å². The van der Waals surface area contributed by atoms with Crippen LogP contribution in [0.15, 0.2) is 0 Å². The summed E-state index contributed by atoms with van der Waals surface area (Å²) in [6.45, 7) is 5.74. The van der Waals surface area contributed by atoms with Crippen LogP contribution in [0.1, 0.15) is 26.2 Å². The SMILES string of the molecule is CCN(C[C@H]1CCOC1)C(=O)[C@H]1CCCN(S(C)(=O)=O)C1. The Labute approximate surface area is 127 Å². The van der Waals surface area contributed by atoms with Gasteiger partial charge in [0.1, 0.15) is 0 Å². The molecule has 0 aromatic heterocycles. The molecule has 7 heteroatoms. The zero-order valence-corrected chi connectivity index (χ0v) is 13.8. The third-order valence-corrected chi connectivity index (χ3v) is 5.67. The first-order valence-corrected chi connectivity index (χ1v) is 9.58. The van der Waals surface area contributed by atoms with Gasteiger partial charge in [-0.3, -0.25) is 4.79 Å². The smallest absolute Gasteiger partial charge is 0.227 e. The molecule has 0 saturated carbocycles. The van der Waals surface area contributed by atoms with Crippen LogP contribution in [-0.4, -0.2) is 69.2 Å². The Bertz CT molecular complexity index is 460. The Morgan fingerprint density at radius 1 is 1.38 bits per heavy atom. The predicted octanol–water partition coefficient (Wildman–Crippen LogP) is 0.543. The lowest BCUT2D eigenvalue weighted by molar-refractivity contribution is -0.137. The Kier molecular flexibility index (Phi) is 5.62. The van der Waals surface area contributed by atoms with E-state index in [-0.39, 0.29) is 11.8 Å². The number of sulfonamides is 1. The van der Waals surface area contributed by atoms with Gasteiger partial charge >= 0.3 is 0 Å². The van der Waals surface area contributed by atoms with Crippen molar-refractivity contribution in [3.63, 3.8) is 0 Å². The highest BCUT2D eigenvalue weighted by atomic mass is 32.2.